The molecule has 0 amide bonds. The predicted molar refractivity (Wildman–Crippen MR) is 47.1 cm³/mol. The molecule has 1 aromatic rings. The molecule has 4 N–H and O–H groups in total. The van der Waals surface area contributed by atoms with Gasteiger partial charge in [0.05, 0.1) is 17.7 Å². The first-order valence-electron chi connectivity index (χ1n) is 3.95. The van der Waals surface area contributed by atoms with Crippen molar-refractivity contribution in [2.24, 2.45) is 5.73 Å². The molecule has 5 nitrogen and oxygen atoms in total. The monoisotopic (exact) mass is 183 g/mol. The molecule has 0 aliphatic carbocycles. The van der Waals surface area contributed by atoms with E-state index in [4.69, 9.17) is 10.8 Å². The van der Waals surface area contributed by atoms with Crippen LogP contribution in [0.15, 0.2) is 6.20 Å². The summed E-state index contributed by atoms with van der Waals surface area (Å²) in [5.74, 6) is -0.924. The van der Waals surface area contributed by atoms with Gasteiger partial charge in [0.2, 0.25) is 0 Å². The third-order valence-corrected chi connectivity index (χ3v) is 1.89. The van der Waals surface area contributed by atoms with Gasteiger partial charge in [-0.1, -0.05) is 0 Å². The molecule has 72 valence electrons. The Morgan fingerprint density at radius 1 is 1.85 bits per heavy atom. The van der Waals surface area contributed by atoms with Crippen LogP contribution in [0, 0.1) is 6.92 Å². The summed E-state index contributed by atoms with van der Waals surface area (Å²) < 4.78 is 0. The largest absolute Gasteiger partial charge is 0.481 e. The SMILES string of the molecule is Cc1c[nH]nc1[C@@](C)(N)CC(=O)O. The number of carbonyl (C=O) groups is 1. The number of H-pyrrole nitrogens is 1. The molecule has 0 aliphatic heterocycles. The number of hydrogen-bond donors (Lipinski definition) is 3. The second-order valence-corrected chi connectivity index (χ2v) is 3.40. The highest BCUT2D eigenvalue weighted by Crippen LogP contribution is 2.21. The van der Waals surface area contributed by atoms with Gasteiger partial charge in [0.25, 0.3) is 0 Å². The molecule has 0 saturated heterocycles. The van der Waals surface area contributed by atoms with E-state index in [0.29, 0.717) is 5.69 Å². The molecule has 1 atom stereocenters. The molecular weight excluding hydrogens is 170 g/mol. The van der Waals surface area contributed by atoms with Crippen molar-refractivity contribution in [3.05, 3.63) is 17.5 Å². The molecule has 0 unspecified atom stereocenters. The van der Waals surface area contributed by atoms with Crippen molar-refractivity contribution < 1.29 is 9.90 Å². The molecule has 1 heterocycles. The van der Waals surface area contributed by atoms with Crippen LogP contribution >= 0.6 is 0 Å². The number of carboxylic acid groups (broad SMARTS) is 1. The molecule has 1 rings (SSSR count). The number of aromatic amines is 1. The molecule has 5 heteroatoms. The van der Waals surface area contributed by atoms with Crippen molar-refractivity contribution in [3.8, 4) is 0 Å². The molecule has 0 saturated carbocycles. The lowest BCUT2D eigenvalue weighted by Gasteiger charge is -2.20. The summed E-state index contributed by atoms with van der Waals surface area (Å²) in [5.41, 5.74) is 6.40. The minimum atomic E-state index is -0.924. The molecule has 0 fully saturated rings. The van der Waals surface area contributed by atoms with Crippen molar-refractivity contribution in [1.29, 1.82) is 0 Å². The van der Waals surface area contributed by atoms with Gasteiger partial charge in [0.1, 0.15) is 0 Å². The highest BCUT2D eigenvalue weighted by atomic mass is 16.4. The molecular formula is C8H13N3O2. The molecule has 0 aromatic carbocycles. The first kappa shape index (κ1) is 9.73. The fourth-order valence-corrected chi connectivity index (χ4v) is 1.33. The lowest BCUT2D eigenvalue weighted by Crippen LogP contribution is -2.36. The van der Waals surface area contributed by atoms with Crippen LogP contribution in [-0.2, 0) is 10.3 Å². The number of aliphatic carboxylic acids is 1. The second kappa shape index (κ2) is 3.18. The normalized spacial score (nSPS) is 15.3. The van der Waals surface area contributed by atoms with Crippen LogP contribution in [0.2, 0.25) is 0 Å². The number of nitrogens with two attached hydrogens (primary N) is 1. The maximum Gasteiger partial charge on any atom is 0.305 e. The van der Waals surface area contributed by atoms with Crippen LogP contribution in [0.1, 0.15) is 24.6 Å². The van der Waals surface area contributed by atoms with Crippen molar-refractivity contribution in [2.75, 3.05) is 0 Å². The van der Waals surface area contributed by atoms with E-state index in [2.05, 4.69) is 10.2 Å². The van der Waals surface area contributed by atoms with Gasteiger partial charge in [-0.15, -0.1) is 0 Å². The summed E-state index contributed by atoms with van der Waals surface area (Å²) in [6.07, 6.45) is 1.57. The fraction of sp³-hybridized carbons (Fsp3) is 0.500. The Balaban J connectivity index is 2.93. The van der Waals surface area contributed by atoms with E-state index in [0.717, 1.165) is 5.56 Å². The Morgan fingerprint density at radius 2 is 2.46 bits per heavy atom. The lowest BCUT2D eigenvalue weighted by molar-refractivity contribution is -0.138. The van der Waals surface area contributed by atoms with Crippen LogP contribution in [0.3, 0.4) is 0 Å². The summed E-state index contributed by atoms with van der Waals surface area (Å²) >= 11 is 0. The predicted octanol–water partition coefficient (Wildman–Crippen LogP) is 0.367. The molecule has 0 radical (unpaired) electrons. The number of carboxylic acids is 1. The quantitative estimate of drug-likeness (QED) is 0.631. The minimum Gasteiger partial charge on any atom is -0.481 e. The molecule has 0 aliphatic rings. The summed E-state index contributed by atoms with van der Waals surface area (Å²) in [5, 5.41) is 15.2. The van der Waals surface area contributed by atoms with E-state index in [1.807, 2.05) is 6.92 Å². The van der Waals surface area contributed by atoms with Gasteiger partial charge in [-0.05, 0) is 19.4 Å². The molecule has 0 spiro atoms. The Bertz CT molecular complexity index is 317. The van der Waals surface area contributed by atoms with Crippen LogP contribution in [0.5, 0.6) is 0 Å². The number of rotatable bonds is 3. The summed E-state index contributed by atoms with van der Waals surface area (Å²) in [7, 11) is 0. The van der Waals surface area contributed by atoms with E-state index in [1.54, 1.807) is 13.1 Å². The lowest BCUT2D eigenvalue weighted by atomic mass is 9.93. The van der Waals surface area contributed by atoms with E-state index in [9.17, 15) is 4.79 Å². The van der Waals surface area contributed by atoms with E-state index >= 15 is 0 Å². The topological polar surface area (TPSA) is 92.0 Å². The maximum absolute atomic E-state index is 10.5. The Morgan fingerprint density at radius 3 is 2.85 bits per heavy atom. The second-order valence-electron chi connectivity index (χ2n) is 3.40. The summed E-state index contributed by atoms with van der Waals surface area (Å²) in [6, 6.07) is 0. The van der Waals surface area contributed by atoms with Gasteiger partial charge in [-0.3, -0.25) is 9.89 Å². The van der Waals surface area contributed by atoms with Crippen LogP contribution < -0.4 is 5.73 Å². The van der Waals surface area contributed by atoms with Crippen molar-refractivity contribution in [1.82, 2.24) is 10.2 Å². The van der Waals surface area contributed by atoms with Gasteiger partial charge < -0.3 is 10.8 Å². The summed E-state index contributed by atoms with van der Waals surface area (Å²) in [6.45, 7) is 3.50. The van der Waals surface area contributed by atoms with Gasteiger partial charge in [0.15, 0.2) is 0 Å². The highest BCUT2D eigenvalue weighted by Gasteiger charge is 2.28. The van der Waals surface area contributed by atoms with E-state index < -0.39 is 11.5 Å². The molecule has 0 bridgehead atoms. The van der Waals surface area contributed by atoms with Gasteiger partial charge >= 0.3 is 5.97 Å². The summed E-state index contributed by atoms with van der Waals surface area (Å²) in [4.78, 5) is 10.5. The van der Waals surface area contributed by atoms with Crippen LogP contribution in [0.4, 0.5) is 0 Å². The van der Waals surface area contributed by atoms with E-state index in [-0.39, 0.29) is 6.42 Å². The number of aryl methyl sites for hydroxylation is 1. The highest BCUT2D eigenvalue weighted by molar-refractivity contribution is 5.68. The van der Waals surface area contributed by atoms with Crippen LogP contribution in [-0.4, -0.2) is 21.3 Å². The maximum atomic E-state index is 10.5. The van der Waals surface area contributed by atoms with Crippen molar-refractivity contribution in [3.63, 3.8) is 0 Å². The van der Waals surface area contributed by atoms with Gasteiger partial charge in [-0.2, -0.15) is 5.10 Å². The average molecular weight is 183 g/mol. The molecule has 13 heavy (non-hydrogen) atoms. The van der Waals surface area contributed by atoms with Gasteiger partial charge in [0, 0.05) is 6.20 Å². The van der Waals surface area contributed by atoms with E-state index in [1.165, 1.54) is 0 Å². The zero-order valence-electron chi connectivity index (χ0n) is 7.66. The number of nitrogens with one attached hydrogen (secondary N) is 1. The first-order chi connectivity index (χ1) is 5.93. The number of aromatic nitrogens is 2. The Kier molecular flexibility index (Phi) is 2.38. The minimum absolute atomic E-state index is 0.126. The van der Waals surface area contributed by atoms with Gasteiger partial charge in [-0.25, -0.2) is 0 Å². The smallest absolute Gasteiger partial charge is 0.305 e. The fourth-order valence-electron chi connectivity index (χ4n) is 1.33. The zero-order chi connectivity index (χ0) is 10.1. The Labute approximate surface area is 75.9 Å². The first-order valence-corrected chi connectivity index (χ1v) is 3.95. The third-order valence-electron chi connectivity index (χ3n) is 1.89. The third kappa shape index (κ3) is 2.06. The van der Waals surface area contributed by atoms with Crippen molar-refractivity contribution in [2.45, 2.75) is 25.8 Å². The zero-order valence-corrected chi connectivity index (χ0v) is 7.66. The number of nitrogens with zero attached hydrogens (tertiary/aromatic N) is 1. The molecule has 1 aromatic heterocycles. The van der Waals surface area contributed by atoms with Crippen molar-refractivity contribution >= 4 is 5.97 Å². The standard InChI is InChI=1S/C8H13N3O2/c1-5-4-10-11-7(5)8(2,9)3-6(12)13/h4H,3,9H2,1-2H3,(H,10,11)(H,12,13)/t8-/m0/s1. The van der Waals surface area contributed by atoms with Crippen LogP contribution in [0.25, 0.3) is 0 Å². The Hall–Kier alpha value is -1.36. The number of hydrogen-bond acceptors (Lipinski definition) is 3. The average Bonchev–Trinajstić information content (AvgIpc) is 2.32.